The average Bonchev–Trinajstić information content (AvgIpc) is 3.25. The summed E-state index contributed by atoms with van der Waals surface area (Å²) in [6.45, 7) is 1.54. The number of nitrogens with zero attached hydrogens (tertiary/aromatic N) is 3. The standard InChI is InChI=1S/C24H16BrCl2N3O3/c1-14-2-4-16(5-3-14)23-28-22(29-30(23)18-10-11-19(26)20(27)12-18)24(32)33-13-21(31)15-6-8-17(25)9-7-15/h2-12H,13H2,1H3. The Hall–Kier alpha value is -3.00. The van der Waals surface area contributed by atoms with Crippen LogP contribution in [0.3, 0.4) is 0 Å². The van der Waals surface area contributed by atoms with E-state index in [1.165, 1.54) is 4.68 Å². The number of Topliss-reactive ketones (excluding diaryl/α,β-unsaturated/α-hetero) is 1. The molecular formula is C24H16BrCl2N3O3. The van der Waals surface area contributed by atoms with Crippen LogP contribution in [0.5, 0.6) is 0 Å². The summed E-state index contributed by atoms with van der Waals surface area (Å²) < 4.78 is 7.52. The van der Waals surface area contributed by atoms with Gasteiger partial charge >= 0.3 is 5.97 Å². The van der Waals surface area contributed by atoms with Crippen LogP contribution in [0, 0.1) is 6.92 Å². The molecule has 3 aromatic carbocycles. The van der Waals surface area contributed by atoms with Crippen molar-refractivity contribution in [3.05, 3.63) is 98.2 Å². The summed E-state index contributed by atoms with van der Waals surface area (Å²) in [6.07, 6.45) is 0. The number of benzene rings is 3. The second-order valence-corrected chi connectivity index (χ2v) is 8.87. The largest absolute Gasteiger partial charge is 0.451 e. The number of rotatable bonds is 6. The van der Waals surface area contributed by atoms with Gasteiger partial charge in [-0.15, -0.1) is 5.10 Å². The minimum absolute atomic E-state index is 0.180. The average molecular weight is 545 g/mol. The van der Waals surface area contributed by atoms with E-state index >= 15 is 0 Å². The first-order valence-corrected chi connectivity index (χ1v) is 11.3. The van der Waals surface area contributed by atoms with Crippen molar-refractivity contribution in [3.8, 4) is 17.1 Å². The Bertz CT molecular complexity index is 1340. The molecule has 0 aliphatic carbocycles. The Morgan fingerprint density at radius 2 is 1.67 bits per heavy atom. The number of esters is 1. The number of carbonyl (C=O) groups is 2. The summed E-state index contributed by atoms with van der Waals surface area (Å²) in [6, 6.07) is 19.4. The first kappa shape index (κ1) is 23.2. The van der Waals surface area contributed by atoms with Crippen molar-refractivity contribution in [3.63, 3.8) is 0 Å². The number of hydrogen-bond acceptors (Lipinski definition) is 5. The third-order valence-electron chi connectivity index (χ3n) is 4.75. The number of aryl methyl sites for hydroxylation is 1. The number of ether oxygens (including phenoxy) is 1. The van der Waals surface area contributed by atoms with E-state index in [4.69, 9.17) is 27.9 Å². The molecule has 0 saturated heterocycles. The molecule has 166 valence electrons. The zero-order valence-electron chi connectivity index (χ0n) is 17.3. The first-order valence-electron chi connectivity index (χ1n) is 9.77. The van der Waals surface area contributed by atoms with E-state index in [1.807, 2.05) is 31.2 Å². The van der Waals surface area contributed by atoms with Crippen molar-refractivity contribution in [1.82, 2.24) is 14.8 Å². The number of carbonyl (C=O) groups excluding carboxylic acids is 2. The van der Waals surface area contributed by atoms with E-state index in [2.05, 4.69) is 26.0 Å². The van der Waals surface area contributed by atoms with Crippen LogP contribution in [0.4, 0.5) is 0 Å². The van der Waals surface area contributed by atoms with Gasteiger partial charge in [-0.25, -0.2) is 14.5 Å². The lowest BCUT2D eigenvalue weighted by Crippen LogP contribution is -2.15. The first-order chi connectivity index (χ1) is 15.8. The van der Waals surface area contributed by atoms with Crippen LogP contribution in [0.2, 0.25) is 10.0 Å². The highest BCUT2D eigenvalue weighted by Gasteiger charge is 2.21. The molecule has 1 heterocycles. The molecule has 0 N–H and O–H groups in total. The fourth-order valence-corrected chi connectivity index (χ4v) is 3.56. The third-order valence-corrected chi connectivity index (χ3v) is 6.02. The highest BCUT2D eigenvalue weighted by Crippen LogP contribution is 2.27. The van der Waals surface area contributed by atoms with E-state index in [0.29, 0.717) is 27.1 Å². The molecule has 0 aliphatic rings. The molecule has 0 radical (unpaired) electrons. The van der Waals surface area contributed by atoms with Crippen molar-refractivity contribution >= 4 is 50.9 Å². The van der Waals surface area contributed by atoms with E-state index < -0.39 is 12.6 Å². The molecule has 0 bridgehead atoms. The lowest BCUT2D eigenvalue weighted by Gasteiger charge is -2.07. The lowest BCUT2D eigenvalue weighted by atomic mass is 10.1. The van der Waals surface area contributed by atoms with Crippen LogP contribution >= 0.6 is 39.1 Å². The highest BCUT2D eigenvalue weighted by molar-refractivity contribution is 9.10. The molecule has 0 spiro atoms. The molecule has 33 heavy (non-hydrogen) atoms. The maximum absolute atomic E-state index is 12.7. The fourth-order valence-electron chi connectivity index (χ4n) is 3.00. The summed E-state index contributed by atoms with van der Waals surface area (Å²) in [4.78, 5) is 29.4. The van der Waals surface area contributed by atoms with E-state index in [-0.39, 0.29) is 11.6 Å². The Kier molecular flexibility index (Phi) is 6.93. The van der Waals surface area contributed by atoms with E-state index in [9.17, 15) is 9.59 Å². The minimum Gasteiger partial charge on any atom is -0.451 e. The van der Waals surface area contributed by atoms with Gasteiger partial charge in [0.15, 0.2) is 18.2 Å². The number of hydrogen-bond donors (Lipinski definition) is 0. The second-order valence-electron chi connectivity index (χ2n) is 7.14. The Labute approximate surface area is 208 Å². The molecule has 1 aromatic heterocycles. The second kappa shape index (κ2) is 9.87. The topological polar surface area (TPSA) is 74.1 Å². The SMILES string of the molecule is Cc1ccc(-c2nc(C(=O)OCC(=O)c3ccc(Br)cc3)nn2-c2ccc(Cl)c(Cl)c2)cc1. The molecular weight excluding hydrogens is 529 g/mol. The maximum Gasteiger partial charge on any atom is 0.378 e. The van der Waals surface area contributed by atoms with Crippen LogP contribution in [-0.2, 0) is 4.74 Å². The normalized spacial score (nSPS) is 10.8. The predicted octanol–water partition coefficient (Wildman–Crippen LogP) is 6.35. The Balaban J connectivity index is 1.63. The highest BCUT2D eigenvalue weighted by atomic mass is 79.9. The fraction of sp³-hybridized carbons (Fsp3) is 0.0833. The predicted molar refractivity (Wildman–Crippen MR) is 130 cm³/mol. The van der Waals surface area contributed by atoms with Gasteiger partial charge in [0.25, 0.3) is 5.82 Å². The molecule has 4 aromatic rings. The van der Waals surface area contributed by atoms with Crippen LogP contribution < -0.4 is 0 Å². The third kappa shape index (κ3) is 5.33. The van der Waals surface area contributed by atoms with Gasteiger partial charge in [-0.1, -0.05) is 81.1 Å². The number of ketones is 1. The summed E-state index contributed by atoms with van der Waals surface area (Å²) >= 11 is 15.5. The van der Waals surface area contributed by atoms with Gasteiger partial charge in [0, 0.05) is 15.6 Å². The van der Waals surface area contributed by atoms with Gasteiger partial charge in [0.05, 0.1) is 15.7 Å². The quantitative estimate of drug-likeness (QED) is 0.209. The van der Waals surface area contributed by atoms with E-state index in [1.54, 1.807) is 42.5 Å². The van der Waals surface area contributed by atoms with Crippen LogP contribution in [0.25, 0.3) is 17.1 Å². The molecule has 0 saturated carbocycles. The monoisotopic (exact) mass is 543 g/mol. The maximum atomic E-state index is 12.7. The lowest BCUT2D eigenvalue weighted by molar-refractivity contribution is 0.0462. The zero-order valence-corrected chi connectivity index (χ0v) is 20.4. The van der Waals surface area contributed by atoms with Crippen molar-refractivity contribution in [2.24, 2.45) is 0 Å². The van der Waals surface area contributed by atoms with Crippen molar-refractivity contribution in [2.75, 3.05) is 6.61 Å². The number of halogens is 3. The van der Waals surface area contributed by atoms with Gasteiger partial charge < -0.3 is 4.74 Å². The van der Waals surface area contributed by atoms with Gasteiger partial charge in [-0.2, -0.15) is 0 Å². The van der Waals surface area contributed by atoms with Crippen LogP contribution in [-0.4, -0.2) is 33.1 Å². The van der Waals surface area contributed by atoms with Gasteiger partial charge in [-0.3, -0.25) is 4.79 Å². The molecule has 0 atom stereocenters. The minimum atomic E-state index is -0.812. The van der Waals surface area contributed by atoms with Crippen molar-refractivity contribution in [1.29, 1.82) is 0 Å². The molecule has 0 fully saturated rings. The van der Waals surface area contributed by atoms with Crippen LogP contribution in [0.1, 0.15) is 26.5 Å². The van der Waals surface area contributed by atoms with E-state index in [0.717, 1.165) is 15.6 Å². The summed E-state index contributed by atoms with van der Waals surface area (Å²) in [5.41, 5.74) is 2.81. The van der Waals surface area contributed by atoms with Crippen LogP contribution in [0.15, 0.2) is 71.2 Å². The van der Waals surface area contributed by atoms with Gasteiger partial charge in [0.1, 0.15) is 0 Å². The molecule has 4 rings (SSSR count). The molecule has 0 amide bonds. The van der Waals surface area contributed by atoms with Crippen molar-refractivity contribution < 1.29 is 14.3 Å². The van der Waals surface area contributed by atoms with Crippen molar-refractivity contribution in [2.45, 2.75) is 6.92 Å². The summed E-state index contributed by atoms with van der Waals surface area (Å²) in [5.74, 6) is -0.911. The van der Waals surface area contributed by atoms with Gasteiger partial charge in [0.2, 0.25) is 0 Å². The smallest absolute Gasteiger partial charge is 0.378 e. The molecule has 9 heteroatoms. The molecule has 6 nitrogen and oxygen atoms in total. The number of aromatic nitrogens is 3. The Morgan fingerprint density at radius 3 is 2.33 bits per heavy atom. The summed E-state index contributed by atoms with van der Waals surface area (Å²) in [7, 11) is 0. The Morgan fingerprint density at radius 1 is 0.970 bits per heavy atom. The zero-order chi connectivity index (χ0) is 23.5. The molecule has 0 aliphatic heterocycles. The van der Waals surface area contributed by atoms with Gasteiger partial charge in [-0.05, 0) is 37.3 Å². The summed E-state index contributed by atoms with van der Waals surface area (Å²) in [5, 5.41) is 5.05. The molecule has 0 unspecified atom stereocenters.